The van der Waals surface area contributed by atoms with Crippen LogP contribution < -0.4 is 5.32 Å². The largest absolute Gasteiger partial charge is 0.309 e. The molecule has 1 heterocycles. The lowest BCUT2D eigenvalue weighted by Gasteiger charge is -2.19. The van der Waals surface area contributed by atoms with Crippen molar-refractivity contribution in [3.63, 3.8) is 0 Å². The molecule has 1 aliphatic carbocycles. The highest BCUT2D eigenvalue weighted by atomic mass is 35.5. The number of rotatable bonds is 5. The molecule has 21 heavy (non-hydrogen) atoms. The van der Waals surface area contributed by atoms with Crippen molar-refractivity contribution in [2.75, 3.05) is 6.54 Å². The van der Waals surface area contributed by atoms with Gasteiger partial charge in [-0.05, 0) is 36.4 Å². The van der Waals surface area contributed by atoms with E-state index >= 15 is 0 Å². The van der Waals surface area contributed by atoms with E-state index < -0.39 is 0 Å². The van der Waals surface area contributed by atoms with Gasteiger partial charge in [-0.2, -0.15) is 0 Å². The van der Waals surface area contributed by atoms with Crippen molar-refractivity contribution in [3.05, 3.63) is 63.9 Å². The van der Waals surface area contributed by atoms with Crippen LogP contribution in [0.3, 0.4) is 0 Å². The Morgan fingerprint density at radius 1 is 1.29 bits per heavy atom. The van der Waals surface area contributed by atoms with Gasteiger partial charge >= 0.3 is 0 Å². The third kappa shape index (κ3) is 3.23. The monoisotopic (exact) mass is 320 g/mol. The van der Waals surface area contributed by atoms with E-state index in [1.807, 2.05) is 0 Å². The summed E-state index contributed by atoms with van der Waals surface area (Å²) >= 11 is 12.3. The average molecular weight is 321 g/mol. The summed E-state index contributed by atoms with van der Waals surface area (Å²) in [4.78, 5) is 4.46. The molecule has 2 aromatic rings. The van der Waals surface area contributed by atoms with Crippen molar-refractivity contribution < 1.29 is 0 Å². The normalized spacial score (nSPS) is 22.0. The van der Waals surface area contributed by atoms with E-state index in [0.29, 0.717) is 21.9 Å². The van der Waals surface area contributed by atoms with Gasteiger partial charge in [-0.15, -0.1) is 0 Å². The number of hydrogen-bond acceptors (Lipinski definition) is 2. The summed E-state index contributed by atoms with van der Waals surface area (Å²) in [5, 5.41) is 4.75. The second-order valence-electron chi connectivity index (χ2n) is 5.47. The van der Waals surface area contributed by atoms with Crippen molar-refractivity contribution in [2.24, 2.45) is 5.92 Å². The van der Waals surface area contributed by atoms with Gasteiger partial charge in [-0.3, -0.25) is 4.98 Å². The fraction of sp³-hybridized carbons (Fsp3) is 0.353. The SMILES string of the molecule is CCNC(c1ncc(Cl)cc1Cl)C1CC1c1ccccc1. The molecule has 1 N–H and O–H groups in total. The molecule has 0 saturated heterocycles. The highest BCUT2D eigenvalue weighted by molar-refractivity contribution is 6.34. The molecule has 1 aliphatic rings. The van der Waals surface area contributed by atoms with Crippen molar-refractivity contribution in [1.82, 2.24) is 10.3 Å². The summed E-state index contributed by atoms with van der Waals surface area (Å²) < 4.78 is 0. The zero-order valence-corrected chi connectivity index (χ0v) is 13.4. The van der Waals surface area contributed by atoms with E-state index in [0.717, 1.165) is 12.2 Å². The Balaban J connectivity index is 1.83. The number of nitrogens with zero attached hydrogens (tertiary/aromatic N) is 1. The lowest BCUT2D eigenvalue weighted by Crippen LogP contribution is -2.24. The zero-order chi connectivity index (χ0) is 14.8. The average Bonchev–Trinajstić information content (AvgIpc) is 3.27. The molecule has 3 rings (SSSR count). The Morgan fingerprint density at radius 3 is 2.71 bits per heavy atom. The van der Waals surface area contributed by atoms with E-state index in [1.54, 1.807) is 12.3 Å². The molecule has 3 atom stereocenters. The molecule has 3 unspecified atom stereocenters. The number of benzene rings is 1. The molecule has 0 spiro atoms. The molecule has 4 heteroatoms. The molecule has 1 aromatic heterocycles. The van der Waals surface area contributed by atoms with E-state index in [4.69, 9.17) is 23.2 Å². The lowest BCUT2D eigenvalue weighted by molar-refractivity contribution is 0.476. The molecule has 110 valence electrons. The van der Waals surface area contributed by atoms with Crippen LogP contribution in [0.4, 0.5) is 0 Å². The van der Waals surface area contributed by atoms with E-state index in [9.17, 15) is 0 Å². The van der Waals surface area contributed by atoms with Gasteiger partial charge in [0.05, 0.1) is 21.8 Å². The Bertz CT molecular complexity index is 615. The first-order valence-electron chi connectivity index (χ1n) is 7.30. The topological polar surface area (TPSA) is 24.9 Å². The Morgan fingerprint density at radius 2 is 2.05 bits per heavy atom. The zero-order valence-electron chi connectivity index (χ0n) is 11.9. The molecule has 0 aliphatic heterocycles. The summed E-state index contributed by atoms with van der Waals surface area (Å²) in [6.45, 7) is 3.00. The maximum Gasteiger partial charge on any atom is 0.0763 e. The highest BCUT2D eigenvalue weighted by Gasteiger charge is 2.45. The standard InChI is InChI=1S/C17H18Cl2N2/c1-2-20-16(17-15(19)8-12(18)10-21-17)14-9-13(14)11-6-4-3-5-7-11/h3-8,10,13-14,16,20H,2,9H2,1H3. The van der Waals surface area contributed by atoms with Gasteiger partial charge < -0.3 is 5.32 Å². The van der Waals surface area contributed by atoms with Crippen LogP contribution in [-0.4, -0.2) is 11.5 Å². The highest BCUT2D eigenvalue weighted by Crippen LogP contribution is 2.54. The summed E-state index contributed by atoms with van der Waals surface area (Å²) in [5.74, 6) is 1.13. The predicted octanol–water partition coefficient (Wildman–Crippen LogP) is 4.84. The van der Waals surface area contributed by atoms with Gasteiger partial charge in [0.25, 0.3) is 0 Å². The van der Waals surface area contributed by atoms with Gasteiger partial charge in [0.1, 0.15) is 0 Å². The van der Waals surface area contributed by atoms with E-state index in [2.05, 4.69) is 47.6 Å². The van der Waals surface area contributed by atoms with E-state index in [-0.39, 0.29) is 6.04 Å². The molecule has 1 aromatic carbocycles. The molecule has 1 fully saturated rings. The summed E-state index contributed by atoms with van der Waals surface area (Å²) in [6, 6.07) is 12.6. The number of halogens is 2. The van der Waals surface area contributed by atoms with Gasteiger partial charge in [0.2, 0.25) is 0 Å². The summed E-state index contributed by atoms with van der Waals surface area (Å²) in [7, 11) is 0. The maximum absolute atomic E-state index is 6.34. The fourth-order valence-electron chi connectivity index (χ4n) is 2.99. The first kappa shape index (κ1) is 14.8. The van der Waals surface area contributed by atoms with Crippen LogP contribution in [0, 0.1) is 5.92 Å². The minimum atomic E-state index is 0.185. The lowest BCUT2D eigenvalue weighted by atomic mass is 10.0. The van der Waals surface area contributed by atoms with Crippen LogP contribution in [0.25, 0.3) is 0 Å². The molecule has 0 bridgehead atoms. The Kier molecular flexibility index (Phi) is 4.48. The molecule has 1 saturated carbocycles. The summed E-state index contributed by atoms with van der Waals surface area (Å²) in [6.07, 6.45) is 2.84. The second-order valence-corrected chi connectivity index (χ2v) is 6.32. The summed E-state index contributed by atoms with van der Waals surface area (Å²) in [5.41, 5.74) is 2.31. The first-order valence-corrected chi connectivity index (χ1v) is 8.05. The van der Waals surface area contributed by atoms with E-state index in [1.165, 1.54) is 12.0 Å². The van der Waals surface area contributed by atoms with Crippen LogP contribution in [0.2, 0.25) is 10.0 Å². The van der Waals surface area contributed by atoms with Crippen LogP contribution >= 0.6 is 23.2 Å². The molecule has 0 radical (unpaired) electrons. The number of aromatic nitrogens is 1. The number of nitrogens with one attached hydrogen (secondary N) is 1. The third-order valence-electron chi connectivity index (χ3n) is 4.05. The van der Waals surface area contributed by atoms with Crippen molar-refractivity contribution in [2.45, 2.75) is 25.3 Å². The molecule has 0 amide bonds. The Hall–Kier alpha value is -1.09. The van der Waals surface area contributed by atoms with Crippen LogP contribution in [0.1, 0.15) is 36.6 Å². The van der Waals surface area contributed by atoms with Gasteiger partial charge in [0.15, 0.2) is 0 Å². The van der Waals surface area contributed by atoms with Crippen molar-refractivity contribution in [1.29, 1.82) is 0 Å². The fourth-order valence-corrected chi connectivity index (χ4v) is 3.49. The number of hydrogen-bond donors (Lipinski definition) is 1. The number of pyridine rings is 1. The van der Waals surface area contributed by atoms with Gasteiger partial charge in [-0.25, -0.2) is 0 Å². The minimum Gasteiger partial charge on any atom is -0.309 e. The molecular formula is C17H18Cl2N2. The molecule has 2 nitrogen and oxygen atoms in total. The second kappa shape index (κ2) is 6.35. The predicted molar refractivity (Wildman–Crippen MR) is 88.0 cm³/mol. The minimum absolute atomic E-state index is 0.185. The first-order chi connectivity index (χ1) is 10.2. The van der Waals surface area contributed by atoms with Crippen LogP contribution in [-0.2, 0) is 0 Å². The quantitative estimate of drug-likeness (QED) is 0.852. The smallest absolute Gasteiger partial charge is 0.0763 e. The molecular weight excluding hydrogens is 303 g/mol. The maximum atomic E-state index is 6.34. The van der Waals surface area contributed by atoms with Crippen LogP contribution in [0.15, 0.2) is 42.6 Å². The van der Waals surface area contributed by atoms with Crippen molar-refractivity contribution in [3.8, 4) is 0 Å². The Labute approximate surface area is 135 Å². The van der Waals surface area contributed by atoms with Crippen LogP contribution in [0.5, 0.6) is 0 Å². The van der Waals surface area contributed by atoms with Gasteiger partial charge in [0, 0.05) is 6.20 Å². The third-order valence-corrected chi connectivity index (χ3v) is 4.56. The van der Waals surface area contributed by atoms with Crippen molar-refractivity contribution >= 4 is 23.2 Å². The van der Waals surface area contributed by atoms with Gasteiger partial charge in [-0.1, -0.05) is 60.5 Å².